The van der Waals surface area contributed by atoms with Gasteiger partial charge in [-0.2, -0.15) is 0 Å². The zero-order valence-electron chi connectivity index (χ0n) is 14.6. The van der Waals surface area contributed by atoms with Gasteiger partial charge in [0.15, 0.2) is 0 Å². The molecule has 0 aliphatic carbocycles. The smallest absolute Gasteiger partial charge is 0.325 e. The van der Waals surface area contributed by atoms with E-state index in [0.717, 1.165) is 21.6 Å². The Hall–Kier alpha value is -2.66. The van der Waals surface area contributed by atoms with Crippen molar-refractivity contribution in [1.29, 1.82) is 0 Å². The summed E-state index contributed by atoms with van der Waals surface area (Å²) in [6, 6.07) is 14.4. The topological polar surface area (TPSA) is 69.6 Å². The van der Waals surface area contributed by atoms with Crippen molar-refractivity contribution in [2.75, 3.05) is 6.54 Å². The second kappa shape index (κ2) is 6.33. The summed E-state index contributed by atoms with van der Waals surface area (Å²) in [4.78, 5) is 26.3. The van der Waals surface area contributed by atoms with Crippen molar-refractivity contribution >= 4 is 11.9 Å². The molecule has 1 saturated heterocycles. The minimum atomic E-state index is -1.11. The molecule has 2 atom stereocenters. The highest BCUT2D eigenvalue weighted by Crippen LogP contribution is 2.30. The highest BCUT2D eigenvalue weighted by Gasteiger charge is 2.49. The van der Waals surface area contributed by atoms with Crippen LogP contribution < -0.4 is 5.32 Å². The van der Waals surface area contributed by atoms with Crippen LogP contribution in [0.4, 0.5) is 4.79 Å². The number of β-amino-alcohol motifs (C(OH)–C–C–N with tert-alkyl or cyclic N) is 1. The van der Waals surface area contributed by atoms with Gasteiger partial charge in [-0.1, -0.05) is 59.7 Å². The number of rotatable bonds is 4. The first-order valence-corrected chi connectivity index (χ1v) is 8.27. The molecule has 0 bridgehead atoms. The summed E-state index contributed by atoms with van der Waals surface area (Å²) in [6.45, 7) is 5.51. The van der Waals surface area contributed by atoms with Gasteiger partial charge < -0.3 is 10.4 Å². The van der Waals surface area contributed by atoms with Crippen LogP contribution >= 0.6 is 0 Å². The van der Waals surface area contributed by atoms with E-state index in [2.05, 4.69) is 5.32 Å². The molecule has 1 heterocycles. The normalized spacial score (nSPS) is 21.4. The van der Waals surface area contributed by atoms with Gasteiger partial charge in [-0.3, -0.25) is 9.69 Å². The zero-order chi connectivity index (χ0) is 18.2. The van der Waals surface area contributed by atoms with Crippen molar-refractivity contribution in [2.24, 2.45) is 0 Å². The van der Waals surface area contributed by atoms with Gasteiger partial charge in [-0.15, -0.1) is 0 Å². The summed E-state index contributed by atoms with van der Waals surface area (Å²) in [5.41, 5.74) is 2.37. The summed E-state index contributed by atoms with van der Waals surface area (Å²) >= 11 is 0. The molecule has 2 N–H and O–H groups in total. The summed E-state index contributed by atoms with van der Waals surface area (Å²) in [5.74, 6) is -0.355. The number of aliphatic hydroxyl groups is 1. The maximum absolute atomic E-state index is 12.9. The number of nitrogens with zero attached hydrogens (tertiary/aromatic N) is 1. The molecule has 130 valence electrons. The number of urea groups is 1. The number of hydrogen-bond donors (Lipinski definition) is 2. The van der Waals surface area contributed by atoms with E-state index in [-0.39, 0.29) is 12.5 Å². The van der Waals surface area contributed by atoms with E-state index in [1.165, 1.54) is 0 Å². The van der Waals surface area contributed by atoms with Crippen LogP contribution in [-0.2, 0) is 10.3 Å². The van der Waals surface area contributed by atoms with Gasteiger partial charge in [0.25, 0.3) is 5.91 Å². The lowest BCUT2D eigenvalue weighted by molar-refractivity contribution is -0.132. The minimum absolute atomic E-state index is 0.0734. The summed E-state index contributed by atoms with van der Waals surface area (Å²) in [6.07, 6.45) is -0.925. The quantitative estimate of drug-likeness (QED) is 0.842. The molecule has 1 aliphatic heterocycles. The van der Waals surface area contributed by atoms with E-state index in [9.17, 15) is 14.7 Å². The number of amides is 3. The fourth-order valence-corrected chi connectivity index (χ4v) is 3.31. The van der Waals surface area contributed by atoms with Crippen LogP contribution in [0.25, 0.3) is 0 Å². The van der Waals surface area contributed by atoms with Crippen LogP contribution in [0.2, 0.25) is 0 Å². The fourth-order valence-electron chi connectivity index (χ4n) is 3.31. The monoisotopic (exact) mass is 338 g/mol. The molecule has 25 heavy (non-hydrogen) atoms. The Labute approximate surface area is 147 Å². The maximum Gasteiger partial charge on any atom is 0.325 e. The van der Waals surface area contributed by atoms with Crippen molar-refractivity contribution in [1.82, 2.24) is 10.2 Å². The highest BCUT2D eigenvalue weighted by molar-refractivity contribution is 6.07. The number of nitrogens with one attached hydrogen (secondary N) is 1. The first kappa shape index (κ1) is 17.2. The Kier molecular flexibility index (Phi) is 4.35. The molecule has 2 aromatic carbocycles. The Morgan fingerprint density at radius 1 is 1.08 bits per heavy atom. The molecule has 0 radical (unpaired) electrons. The Morgan fingerprint density at radius 3 is 2.28 bits per heavy atom. The first-order chi connectivity index (χ1) is 11.8. The van der Waals surface area contributed by atoms with Crippen molar-refractivity contribution in [3.63, 3.8) is 0 Å². The Bertz CT molecular complexity index is 799. The van der Waals surface area contributed by atoms with Gasteiger partial charge >= 0.3 is 6.03 Å². The SMILES string of the molecule is Cc1cc(C)cc(C(O)CN2C(=O)NC(C)(c3ccccc3)C2=O)c1. The van der Waals surface area contributed by atoms with Crippen LogP contribution in [0.3, 0.4) is 0 Å². The lowest BCUT2D eigenvalue weighted by Gasteiger charge is -2.23. The van der Waals surface area contributed by atoms with Gasteiger partial charge in [0.05, 0.1) is 12.6 Å². The predicted octanol–water partition coefficient (Wildman–Crippen LogP) is 2.80. The molecule has 0 aromatic heterocycles. The van der Waals surface area contributed by atoms with Crippen molar-refractivity contribution in [3.05, 3.63) is 70.8 Å². The first-order valence-electron chi connectivity index (χ1n) is 8.27. The highest BCUT2D eigenvalue weighted by atomic mass is 16.3. The Balaban J connectivity index is 1.83. The molecule has 3 rings (SSSR count). The largest absolute Gasteiger partial charge is 0.387 e. The molecule has 5 heteroatoms. The van der Waals surface area contributed by atoms with Crippen molar-refractivity contribution in [2.45, 2.75) is 32.4 Å². The molecule has 2 unspecified atom stereocenters. The number of hydrogen-bond acceptors (Lipinski definition) is 3. The molecular formula is C20H22N2O3. The third-order valence-corrected chi connectivity index (χ3v) is 4.61. The molecule has 1 aliphatic rings. The van der Waals surface area contributed by atoms with Crippen LogP contribution in [0.1, 0.15) is 35.3 Å². The van der Waals surface area contributed by atoms with E-state index >= 15 is 0 Å². The molecule has 0 saturated carbocycles. The molecule has 2 aromatic rings. The molecule has 5 nitrogen and oxygen atoms in total. The van der Waals surface area contributed by atoms with E-state index in [4.69, 9.17) is 0 Å². The van der Waals surface area contributed by atoms with Gasteiger partial charge in [0, 0.05) is 0 Å². The van der Waals surface area contributed by atoms with Gasteiger partial charge in [0.2, 0.25) is 0 Å². The van der Waals surface area contributed by atoms with Gasteiger partial charge in [-0.25, -0.2) is 4.79 Å². The van der Waals surface area contributed by atoms with E-state index in [1.54, 1.807) is 6.92 Å². The second-order valence-electron chi connectivity index (χ2n) is 6.77. The summed E-state index contributed by atoms with van der Waals surface area (Å²) in [7, 11) is 0. The van der Waals surface area contributed by atoms with Gasteiger partial charge in [0.1, 0.15) is 5.54 Å². The van der Waals surface area contributed by atoms with E-state index in [0.29, 0.717) is 5.56 Å². The number of aliphatic hydroxyl groups excluding tert-OH is 1. The van der Waals surface area contributed by atoms with Crippen LogP contribution in [0.15, 0.2) is 48.5 Å². The third-order valence-electron chi connectivity index (χ3n) is 4.61. The second-order valence-corrected chi connectivity index (χ2v) is 6.77. The maximum atomic E-state index is 12.9. The number of carbonyl (C=O) groups is 2. The number of carbonyl (C=O) groups excluding carboxylic acids is 2. The van der Waals surface area contributed by atoms with Crippen molar-refractivity contribution < 1.29 is 14.7 Å². The number of benzene rings is 2. The van der Waals surface area contributed by atoms with E-state index in [1.807, 2.05) is 62.4 Å². The number of imide groups is 1. The molecule has 0 spiro atoms. The van der Waals surface area contributed by atoms with E-state index < -0.39 is 17.7 Å². The average molecular weight is 338 g/mol. The molecule has 3 amide bonds. The van der Waals surface area contributed by atoms with Crippen molar-refractivity contribution in [3.8, 4) is 0 Å². The predicted molar refractivity (Wildman–Crippen MR) is 94.9 cm³/mol. The lowest BCUT2D eigenvalue weighted by Crippen LogP contribution is -2.41. The van der Waals surface area contributed by atoms with Gasteiger partial charge in [-0.05, 0) is 31.9 Å². The molecule has 1 fully saturated rings. The summed E-state index contributed by atoms with van der Waals surface area (Å²) < 4.78 is 0. The minimum Gasteiger partial charge on any atom is -0.387 e. The third kappa shape index (κ3) is 3.15. The van der Waals surface area contributed by atoms with Crippen LogP contribution in [0.5, 0.6) is 0 Å². The summed E-state index contributed by atoms with van der Waals surface area (Å²) in [5, 5.41) is 13.3. The average Bonchev–Trinajstić information content (AvgIpc) is 2.79. The van der Waals surface area contributed by atoms with Crippen LogP contribution in [-0.4, -0.2) is 28.5 Å². The Morgan fingerprint density at radius 2 is 1.68 bits per heavy atom. The standard InChI is InChI=1S/C20H22N2O3/c1-13-9-14(2)11-15(10-13)17(23)12-22-18(24)20(3,21-19(22)25)16-7-5-4-6-8-16/h4-11,17,23H,12H2,1-3H3,(H,21,25). The molecular weight excluding hydrogens is 316 g/mol. The fraction of sp³-hybridized carbons (Fsp3) is 0.300. The number of aryl methyl sites for hydroxylation is 2. The van der Waals surface area contributed by atoms with Crippen LogP contribution in [0, 0.1) is 13.8 Å². The lowest BCUT2D eigenvalue weighted by atomic mass is 9.92. The zero-order valence-corrected chi connectivity index (χ0v) is 14.6.